The van der Waals surface area contributed by atoms with Crippen LogP contribution in [-0.2, 0) is 16.1 Å². The van der Waals surface area contributed by atoms with Crippen molar-refractivity contribution in [3.8, 4) is 11.5 Å². The van der Waals surface area contributed by atoms with E-state index in [4.69, 9.17) is 4.74 Å². The first-order chi connectivity index (χ1) is 9.49. The highest BCUT2D eigenvalue weighted by Gasteiger charge is 2.24. The zero-order valence-corrected chi connectivity index (χ0v) is 12.8. The molecule has 1 unspecified atom stereocenters. The van der Waals surface area contributed by atoms with Crippen LogP contribution in [0, 0.1) is 0 Å². The number of esters is 1. The van der Waals surface area contributed by atoms with E-state index in [2.05, 4.69) is 0 Å². The normalized spacial score (nSPS) is 12.4. The molecule has 6 heteroatoms. The number of thioether (sulfide) groups is 1. The summed E-state index contributed by atoms with van der Waals surface area (Å²) in [5.41, 5.74) is 0.575. The number of benzene rings is 1. The van der Waals surface area contributed by atoms with Gasteiger partial charge < -0.3 is 14.9 Å². The molecule has 0 heterocycles. The molecule has 0 aliphatic carbocycles. The molecule has 0 aromatic heterocycles. The first-order valence-corrected chi connectivity index (χ1v) is 7.66. The van der Waals surface area contributed by atoms with E-state index in [-0.39, 0.29) is 23.5 Å². The molecule has 2 N–H and O–H groups in total. The van der Waals surface area contributed by atoms with E-state index in [1.165, 1.54) is 25.3 Å². The minimum absolute atomic E-state index is 0.0879. The lowest BCUT2D eigenvalue weighted by molar-refractivity contribution is -0.146. The van der Waals surface area contributed by atoms with Gasteiger partial charge in [-0.2, -0.15) is 11.8 Å². The lowest BCUT2D eigenvalue weighted by Crippen LogP contribution is -2.39. The summed E-state index contributed by atoms with van der Waals surface area (Å²) in [4.78, 5) is 13.6. The average molecular weight is 299 g/mol. The van der Waals surface area contributed by atoms with Gasteiger partial charge in [0.25, 0.3) is 0 Å². The second-order valence-electron chi connectivity index (χ2n) is 4.55. The zero-order valence-electron chi connectivity index (χ0n) is 12.0. The Balaban J connectivity index is 2.81. The molecule has 1 rings (SSSR count). The molecule has 0 amide bonds. The van der Waals surface area contributed by atoms with E-state index in [0.29, 0.717) is 18.5 Å². The number of phenols is 2. The van der Waals surface area contributed by atoms with Gasteiger partial charge in [0, 0.05) is 12.1 Å². The minimum Gasteiger partial charge on any atom is -0.508 e. The molecule has 0 saturated heterocycles. The maximum absolute atomic E-state index is 11.8. The summed E-state index contributed by atoms with van der Waals surface area (Å²) < 4.78 is 4.82. The molecule has 5 nitrogen and oxygen atoms in total. The third kappa shape index (κ3) is 4.61. The number of phenolic OH excluding ortho intramolecular Hbond substituents is 2. The predicted molar refractivity (Wildman–Crippen MR) is 80.0 cm³/mol. The van der Waals surface area contributed by atoms with E-state index in [1.807, 2.05) is 11.2 Å². The first-order valence-electron chi connectivity index (χ1n) is 6.27. The lowest BCUT2D eigenvalue weighted by Gasteiger charge is -2.26. The molecule has 20 heavy (non-hydrogen) atoms. The van der Waals surface area contributed by atoms with Gasteiger partial charge in [0.05, 0.1) is 7.11 Å². The summed E-state index contributed by atoms with van der Waals surface area (Å²) in [6.45, 7) is 0.356. The molecule has 0 fully saturated rings. The van der Waals surface area contributed by atoms with Crippen molar-refractivity contribution in [3.63, 3.8) is 0 Å². The van der Waals surface area contributed by atoms with Crippen molar-refractivity contribution in [3.05, 3.63) is 23.8 Å². The van der Waals surface area contributed by atoms with Gasteiger partial charge in [-0.15, -0.1) is 0 Å². The quantitative estimate of drug-likeness (QED) is 0.591. The van der Waals surface area contributed by atoms with Crippen LogP contribution in [0.1, 0.15) is 12.0 Å². The van der Waals surface area contributed by atoms with Crippen LogP contribution in [0.25, 0.3) is 0 Å². The topological polar surface area (TPSA) is 70.0 Å². The van der Waals surface area contributed by atoms with Crippen LogP contribution < -0.4 is 0 Å². The molecule has 1 aromatic rings. The zero-order chi connectivity index (χ0) is 15.1. The SMILES string of the molecule is COC(=O)C(CCSC)N(C)Cc1cc(O)ccc1O. The van der Waals surface area contributed by atoms with Crippen LogP contribution in [0.15, 0.2) is 18.2 Å². The highest BCUT2D eigenvalue weighted by atomic mass is 32.2. The van der Waals surface area contributed by atoms with Crippen LogP contribution in [0.3, 0.4) is 0 Å². The number of likely N-dealkylation sites (N-methyl/N-ethyl adjacent to an activating group) is 1. The van der Waals surface area contributed by atoms with Gasteiger partial charge in [-0.1, -0.05) is 0 Å². The molecule has 0 saturated carbocycles. The van der Waals surface area contributed by atoms with Crippen molar-refractivity contribution < 1.29 is 19.7 Å². The van der Waals surface area contributed by atoms with Crippen LogP contribution >= 0.6 is 11.8 Å². The van der Waals surface area contributed by atoms with Crippen LogP contribution in [0.5, 0.6) is 11.5 Å². The minimum atomic E-state index is -0.366. The van der Waals surface area contributed by atoms with Crippen LogP contribution in [0.2, 0.25) is 0 Å². The van der Waals surface area contributed by atoms with Gasteiger partial charge in [0.15, 0.2) is 0 Å². The molecule has 1 aromatic carbocycles. The summed E-state index contributed by atoms with van der Waals surface area (Å²) in [6, 6.07) is 3.99. The van der Waals surface area contributed by atoms with Crippen molar-refractivity contribution >= 4 is 17.7 Å². The van der Waals surface area contributed by atoms with Crippen LogP contribution in [-0.4, -0.2) is 53.3 Å². The fraction of sp³-hybridized carbons (Fsp3) is 0.500. The number of carbonyl (C=O) groups is 1. The third-order valence-corrected chi connectivity index (χ3v) is 3.73. The van der Waals surface area contributed by atoms with Crippen molar-refractivity contribution in [2.24, 2.45) is 0 Å². The standard InChI is InChI=1S/C14H21NO4S/c1-15(12(6-7-20-3)14(18)19-2)9-10-8-11(16)4-5-13(10)17/h4-5,8,12,16-17H,6-7,9H2,1-3H3. The summed E-state index contributed by atoms with van der Waals surface area (Å²) >= 11 is 1.66. The van der Waals surface area contributed by atoms with Crippen LogP contribution in [0.4, 0.5) is 0 Å². The van der Waals surface area contributed by atoms with Crippen molar-refractivity contribution in [1.29, 1.82) is 0 Å². The molecule has 0 radical (unpaired) electrons. The van der Waals surface area contributed by atoms with Gasteiger partial charge in [-0.25, -0.2) is 0 Å². The van der Waals surface area contributed by atoms with E-state index < -0.39 is 0 Å². The Bertz CT molecular complexity index is 453. The summed E-state index contributed by atoms with van der Waals surface area (Å²) in [5, 5.41) is 19.2. The Labute approximate surface area is 123 Å². The van der Waals surface area contributed by atoms with Gasteiger partial charge in [0.2, 0.25) is 0 Å². The van der Waals surface area contributed by atoms with E-state index in [0.717, 1.165) is 5.75 Å². The summed E-state index contributed by atoms with van der Waals surface area (Å²) in [5.74, 6) is 0.741. The number of ether oxygens (including phenoxy) is 1. The molecule has 112 valence electrons. The van der Waals surface area contributed by atoms with E-state index in [1.54, 1.807) is 18.8 Å². The molecular weight excluding hydrogens is 278 g/mol. The average Bonchev–Trinajstić information content (AvgIpc) is 2.43. The second-order valence-corrected chi connectivity index (χ2v) is 5.53. The number of hydrogen-bond donors (Lipinski definition) is 2. The fourth-order valence-corrected chi connectivity index (χ4v) is 2.42. The second kappa shape index (κ2) is 8.01. The van der Waals surface area contributed by atoms with Crippen molar-refractivity contribution in [1.82, 2.24) is 4.90 Å². The van der Waals surface area contributed by atoms with Gasteiger partial charge in [-0.05, 0) is 43.7 Å². The Morgan fingerprint density at radius 1 is 1.45 bits per heavy atom. The Kier molecular flexibility index (Phi) is 6.67. The molecule has 0 bridgehead atoms. The van der Waals surface area contributed by atoms with E-state index >= 15 is 0 Å². The van der Waals surface area contributed by atoms with Crippen molar-refractivity contribution in [2.45, 2.75) is 19.0 Å². The van der Waals surface area contributed by atoms with Gasteiger partial charge >= 0.3 is 5.97 Å². The third-order valence-electron chi connectivity index (χ3n) is 3.08. The van der Waals surface area contributed by atoms with E-state index in [9.17, 15) is 15.0 Å². The molecule has 1 atom stereocenters. The number of carbonyl (C=O) groups excluding carboxylic acids is 1. The number of rotatable bonds is 7. The Morgan fingerprint density at radius 2 is 2.15 bits per heavy atom. The maximum Gasteiger partial charge on any atom is 0.323 e. The largest absolute Gasteiger partial charge is 0.508 e. The number of aromatic hydroxyl groups is 2. The molecule has 0 aliphatic rings. The molecule has 0 spiro atoms. The summed E-state index contributed by atoms with van der Waals surface area (Å²) in [6.07, 6.45) is 2.65. The number of methoxy groups -OCH3 is 1. The highest BCUT2D eigenvalue weighted by molar-refractivity contribution is 7.98. The van der Waals surface area contributed by atoms with Gasteiger partial charge in [-0.3, -0.25) is 9.69 Å². The Morgan fingerprint density at radius 3 is 2.75 bits per heavy atom. The molecule has 0 aliphatic heterocycles. The highest BCUT2D eigenvalue weighted by Crippen LogP contribution is 2.24. The smallest absolute Gasteiger partial charge is 0.323 e. The molecular formula is C14H21NO4S. The Hall–Kier alpha value is -1.40. The monoisotopic (exact) mass is 299 g/mol. The fourth-order valence-electron chi connectivity index (χ4n) is 1.96. The lowest BCUT2D eigenvalue weighted by atomic mass is 10.1. The van der Waals surface area contributed by atoms with Crippen molar-refractivity contribution in [2.75, 3.05) is 26.2 Å². The summed E-state index contributed by atoms with van der Waals surface area (Å²) in [7, 11) is 3.17. The predicted octanol–water partition coefficient (Wildman–Crippen LogP) is 1.82. The van der Waals surface area contributed by atoms with Gasteiger partial charge in [0.1, 0.15) is 17.5 Å². The number of nitrogens with zero attached hydrogens (tertiary/aromatic N) is 1. The number of hydrogen-bond acceptors (Lipinski definition) is 6. The maximum atomic E-state index is 11.8. The first kappa shape index (κ1) is 16.7.